The van der Waals surface area contributed by atoms with Crippen molar-refractivity contribution >= 4 is 5.97 Å². The molecule has 2 saturated heterocycles. The quantitative estimate of drug-likeness (QED) is 0.714. The minimum Gasteiger partial charge on any atom is -0.469 e. The summed E-state index contributed by atoms with van der Waals surface area (Å²) in [5, 5.41) is 3.53. The van der Waals surface area contributed by atoms with Crippen molar-refractivity contribution in [2.75, 3.05) is 26.9 Å². The predicted molar refractivity (Wildman–Crippen MR) is 60.1 cm³/mol. The molecule has 4 heteroatoms. The molecule has 92 valence electrons. The predicted octanol–water partition coefficient (Wildman–Crippen LogP) is 0.954. The molecule has 2 aliphatic rings. The summed E-state index contributed by atoms with van der Waals surface area (Å²) in [4.78, 5) is 11.5. The minimum absolute atomic E-state index is 0.0430. The van der Waals surface area contributed by atoms with Crippen molar-refractivity contribution < 1.29 is 14.3 Å². The van der Waals surface area contributed by atoms with Crippen LogP contribution in [0.3, 0.4) is 0 Å². The molecule has 2 unspecified atom stereocenters. The van der Waals surface area contributed by atoms with Crippen molar-refractivity contribution in [1.82, 2.24) is 5.32 Å². The molecule has 0 aliphatic carbocycles. The lowest BCUT2D eigenvalue weighted by atomic mass is 9.82. The van der Waals surface area contributed by atoms with Gasteiger partial charge in [-0.1, -0.05) is 0 Å². The van der Waals surface area contributed by atoms with Crippen molar-refractivity contribution in [3.63, 3.8) is 0 Å². The number of hydrogen-bond donors (Lipinski definition) is 1. The summed E-state index contributed by atoms with van der Waals surface area (Å²) in [5.74, 6) is 0.721. The molecule has 0 aromatic rings. The molecule has 2 heterocycles. The second-order valence-electron chi connectivity index (χ2n) is 4.75. The van der Waals surface area contributed by atoms with E-state index in [9.17, 15) is 4.79 Å². The zero-order valence-corrected chi connectivity index (χ0v) is 9.91. The van der Waals surface area contributed by atoms with Crippen LogP contribution in [0.4, 0.5) is 0 Å². The van der Waals surface area contributed by atoms with Gasteiger partial charge in [0.25, 0.3) is 0 Å². The van der Waals surface area contributed by atoms with Gasteiger partial charge < -0.3 is 14.8 Å². The summed E-state index contributed by atoms with van der Waals surface area (Å²) in [6.07, 6.45) is 4.07. The molecule has 0 radical (unpaired) electrons. The van der Waals surface area contributed by atoms with Crippen LogP contribution >= 0.6 is 0 Å². The number of piperidine rings is 1. The van der Waals surface area contributed by atoms with E-state index in [-0.39, 0.29) is 11.9 Å². The summed E-state index contributed by atoms with van der Waals surface area (Å²) in [6.45, 7) is 2.67. The van der Waals surface area contributed by atoms with Crippen molar-refractivity contribution in [3.8, 4) is 0 Å². The Bertz CT molecular complexity index is 238. The fraction of sp³-hybridized carbons (Fsp3) is 0.917. The Morgan fingerprint density at radius 3 is 2.75 bits per heavy atom. The minimum atomic E-state index is -0.0430. The Balaban J connectivity index is 1.87. The average molecular weight is 227 g/mol. The van der Waals surface area contributed by atoms with Gasteiger partial charge in [0.15, 0.2) is 0 Å². The Hall–Kier alpha value is -0.610. The number of carbonyl (C=O) groups excluding carboxylic acids is 1. The lowest BCUT2D eigenvalue weighted by Crippen LogP contribution is -2.46. The molecule has 0 saturated carbocycles. The molecule has 0 amide bonds. The highest BCUT2D eigenvalue weighted by atomic mass is 16.5. The van der Waals surface area contributed by atoms with Crippen LogP contribution in [0, 0.1) is 11.8 Å². The van der Waals surface area contributed by atoms with E-state index in [4.69, 9.17) is 9.47 Å². The Labute approximate surface area is 96.7 Å². The van der Waals surface area contributed by atoms with Gasteiger partial charge in [-0.15, -0.1) is 0 Å². The SMILES string of the molecule is COC(=O)C1CCNC(C2CCOCC2)C1. The number of esters is 1. The Morgan fingerprint density at radius 2 is 2.06 bits per heavy atom. The van der Waals surface area contributed by atoms with Crippen LogP contribution in [0.25, 0.3) is 0 Å². The third kappa shape index (κ3) is 2.74. The van der Waals surface area contributed by atoms with Gasteiger partial charge in [0, 0.05) is 19.3 Å². The molecule has 16 heavy (non-hydrogen) atoms. The molecule has 2 rings (SSSR count). The van der Waals surface area contributed by atoms with Gasteiger partial charge in [-0.3, -0.25) is 4.79 Å². The largest absolute Gasteiger partial charge is 0.469 e. The molecule has 1 N–H and O–H groups in total. The Kier molecular flexibility index (Phi) is 4.18. The van der Waals surface area contributed by atoms with E-state index in [1.807, 2.05) is 0 Å². The molecule has 0 spiro atoms. The van der Waals surface area contributed by atoms with Crippen LogP contribution in [0.15, 0.2) is 0 Å². The van der Waals surface area contributed by atoms with Crippen molar-refractivity contribution in [3.05, 3.63) is 0 Å². The maximum atomic E-state index is 11.5. The van der Waals surface area contributed by atoms with Crippen LogP contribution in [-0.4, -0.2) is 38.9 Å². The highest BCUT2D eigenvalue weighted by molar-refractivity contribution is 5.72. The van der Waals surface area contributed by atoms with E-state index in [0.717, 1.165) is 45.4 Å². The highest BCUT2D eigenvalue weighted by Gasteiger charge is 2.32. The lowest BCUT2D eigenvalue weighted by molar-refractivity contribution is -0.147. The fourth-order valence-electron chi connectivity index (χ4n) is 2.81. The second kappa shape index (κ2) is 5.64. The van der Waals surface area contributed by atoms with E-state index in [2.05, 4.69) is 5.32 Å². The van der Waals surface area contributed by atoms with Gasteiger partial charge in [-0.2, -0.15) is 0 Å². The first-order valence-electron chi connectivity index (χ1n) is 6.20. The molecule has 2 atom stereocenters. The fourth-order valence-corrected chi connectivity index (χ4v) is 2.81. The number of carbonyl (C=O) groups is 1. The van der Waals surface area contributed by atoms with Crippen LogP contribution in [-0.2, 0) is 14.3 Å². The summed E-state index contributed by atoms with van der Waals surface area (Å²) in [6, 6.07) is 0.474. The number of hydrogen-bond acceptors (Lipinski definition) is 4. The molecular weight excluding hydrogens is 206 g/mol. The third-order valence-electron chi connectivity index (χ3n) is 3.81. The lowest BCUT2D eigenvalue weighted by Gasteiger charge is -2.36. The van der Waals surface area contributed by atoms with Crippen LogP contribution < -0.4 is 5.32 Å². The van der Waals surface area contributed by atoms with Gasteiger partial charge >= 0.3 is 5.97 Å². The number of ether oxygens (including phenoxy) is 2. The van der Waals surface area contributed by atoms with Crippen LogP contribution in [0.5, 0.6) is 0 Å². The van der Waals surface area contributed by atoms with E-state index in [1.54, 1.807) is 0 Å². The van der Waals surface area contributed by atoms with Gasteiger partial charge in [-0.05, 0) is 38.1 Å². The smallest absolute Gasteiger partial charge is 0.308 e. The van der Waals surface area contributed by atoms with E-state index < -0.39 is 0 Å². The van der Waals surface area contributed by atoms with E-state index >= 15 is 0 Å². The summed E-state index contributed by atoms with van der Waals surface area (Å²) < 4.78 is 10.2. The van der Waals surface area contributed by atoms with E-state index in [0.29, 0.717) is 12.0 Å². The third-order valence-corrected chi connectivity index (χ3v) is 3.81. The number of methoxy groups -OCH3 is 1. The Morgan fingerprint density at radius 1 is 1.31 bits per heavy atom. The molecular formula is C12H21NO3. The summed E-state index contributed by atoms with van der Waals surface area (Å²) >= 11 is 0. The first-order chi connectivity index (χ1) is 7.81. The first kappa shape index (κ1) is 11.9. The molecule has 2 fully saturated rings. The summed E-state index contributed by atoms with van der Waals surface area (Å²) in [7, 11) is 1.48. The zero-order valence-electron chi connectivity index (χ0n) is 9.91. The van der Waals surface area contributed by atoms with Crippen molar-refractivity contribution in [2.24, 2.45) is 11.8 Å². The normalized spacial score (nSPS) is 32.3. The first-order valence-corrected chi connectivity index (χ1v) is 6.20. The van der Waals surface area contributed by atoms with Gasteiger partial charge in [0.05, 0.1) is 13.0 Å². The summed E-state index contributed by atoms with van der Waals surface area (Å²) in [5.41, 5.74) is 0. The van der Waals surface area contributed by atoms with Crippen molar-refractivity contribution in [1.29, 1.82) is 0 Å². The molecule has 0 aromatic heterocycles. The van der Waals surface area contributed by atoms with Crippen LogP contribution in [0.1, 0.15) is 25.7 Å². The average Bonchev–Trinajstić information content (AvgIpc) is 2.39. The van der Waals surface area contributed by atoms with Gasteiger partial charge in [0.2, 0.25) is 0 Å². The highest BCUT2D eigenvalue weighted by Crippen LogP contribution is 2.27. The van der Waals surface area contributed by atoms with Crippen molar-refractivity contribution in [2.45, 2.75) is 31.7 Å². The molecule has 4 nitrogen and oxygen atoms in total. The maximum Gasteiger partial charge on any atom is 0.308 e. The maximum absolute atomic E-state index is 11.5. The second-order valence-corrected chi connectivity index (χ2v) is 4.75. The molecule has 0 bridgehead atoms. The van der Waals surface area contributed by atoms with E-state index in [1.165, 1.54) is 7.11 Å². The molecule has 2 aliphatic heterocycles. The number of nitrogens with one attached hydrogen (secondary N) is 1. The number of rotatable bonds is 2. The zero-order chi connectivity index (χ0) is 11.4. The monoisotopic (exact) mass is 227 g/mol. The molecule has 0 aromatic carbocycles. The van der Waals surface area contributed by atoms with Gasteiger partial charge in [0.1, 0.15) is 0 Å². The standard InChI is InChI=1S/C12H21NO3/c1-15-12(14)10-2-5-13-11(8-10)9-3-6-16-7-4-9/h9-11,13H,2-8H2,1H3. The topological polar surface area (TPSA) is 47.6 Å². The van der Waals surface area contributed by atoms with Crippen LogP contribution in [0.2, 0.25) is 0 Å². The van der Waals surface area contributed by atoms with Gasteiger partial charge in [-0.25, -0.2) is 0 Å².